The summed E-state index contributed by atoms with van der Waals surface area (Å²) in [5.41, 5.74) is 1.76. The van der Waals surface area contributed by atoms with Crippen LogP contribution in [0.3, 0.4) is 0 Å². The Labute approximate surface area is 134 Å². The Morgan fingerprint density at radius 2 is 1.70 bits per heavy atom. The SMILES string of the molecule is CN(CC1CCCC1)C1(c2ccc(Cl)cc2)CCC1.Cl. The monoisotopic (exact) mass is 313 g/mol. The molecule has 0 N–H and O–H groups in total. The van der Waals surface area contributed by atoms with E-state index in [2.05, 4.69) is 24.1 Å². The van der Waals surface area contributed by atoms with Gasteiger partial charge in [0, 0.05) is 17.1 Å². The molecule has 0 spiro atoms. The quantitative estimate of drug-likeness (QED) is 0.732. The molecule has 1 aromatic carbocycles. The lowest BCUT2D eigenvalue weighted by molar-refractivity contribution is 0.0228. The highest BCUT2D eigenvalue weighted by molar-refractivity contribution is 6.30. The summed E-state index contributed by atoms with van der Waals surface area (Å²) in [5.74, 6) is 0.926. The van der Waals surface area contributed by atoms with Crippen molar-refractivity contribution in [1.82, 2.24) is 4.90 Å². The van der Waals surface area contributed by atoms with E-state index in [9.17, 15) is 0 Å². The summed E-state index contributed by atoms with van der Waals surface area (Å²) in [6.07, 6.45) is 9.70. The summed E-state index contributed by atoms with van der Waals surface area (Å²) in [5, 5.41) is 0.844. The van der Waals surface area contributed by atoms with Gasteiger partial charge in [-0.25, -0.2) is 0 Å². The first-order valence-electron chi connectivity index (χ1n) is 7.68. The fourth-order valence-electron chi connectivity index (χ4n) is 3.92. The molecular weight excluding hydrogens is 289 g/mol. The molecule has 2 saturated carbocycles. The Hall–Kier alpha value is -0.240. The van der Waals surface area contributed by atoms with Crippen molar-refractivity contribution in [3.63, 3.8) is 0 Å². The van der Waals surface area contributed by atoms with Gasteiger partial charge in [-0.2, -0.15) is 0 Å². The summed E-state index contributed by atoms with van der Waals surface area (Å²) in [6.45, 7) is 1.27. The number of halogens is 2. The Kier molecular flexibility index (Phi) is 5.39. The van der Waals surface area contributed by atoms with Gasteiger partial charge in [-0.15, -0.1) is 12.4 Å². The summed E-state index contributed by atoms with van der Waals surface area (Å²) in [6, 6.07) is 8.54. The van der Waals surface area contributed by atoms with E-state index < -0.39 is 0 Å². The Morgan fingerprint density at radius 1 is 1.10 bits per heavy atom. The molecule has 3 rings (SSSR count). The molecule has 0 aliphatic heterocycles. The molecule has 0 heterocycles. The van der Waals surface area contributed by atoms with Crippen molar-refractivity contribution < 1.29 is 0 Å². The highest BCUT2D eigenvalue weighted by Gasteiger charge is 2.42. The van der Waals surface area contributed by atoms with E-state index in [-0.39, 0.29) is 12.4 Å². The molecule has 0 aromatic heterocycles. The summed E-state index contributed by atoms with van der Waals surface area (Å²) < 4.78 is 0. The van der Waals surface area contributed by atoms with Crippen molar-refractivity contribution in [2.45, 2.75) is 50.5 Å². The number of hydrogen-bond donors (Lipinski definition) is 0. The van der Waals surface area contributed by atoms with Crippen molar-refractivity contribution in [2.24, 2.45) is 5.92 Å². The van der Waals surface area contributed by atoms with Gasteiger partial charge >= 0.3 is 0 Å². The smallest absolute Gasteiger partial charge is 0.0457 e. The zero-order chi connectivity index (χ0) is 13.3. The van der Waals surface area contributed by atoms with Crippen LogP contribution >= 0.6 is 24.0 Å². The van der Waals surface area contributed by atoms with E-state index in [1.54, 1.807) is 0 Å². The Balaban J connectivity index is 0.00000147. The molecule has 2 aliphatic carbocycles. The van der Waals surface area contributed by atoms with Crippen LogP contribution < -0.4 is 0 Å². The molecule has 2 aliphatic rings. The van der Waals surface area contributed by atoms with Gasteiger partial charge < -0.3 is 0 Å². The summed E-state index contributed by atoms with van der Waals surface area (Å²) in [7, 11) is 2.33. The van der Waals surface area contributed by atoms with Crippen LogP contribution in [0, 0.1) is 5.92 Å². The maximum absolute atomic E-state index is 6.03. The number of rotatable bonds is 4. The zero-order valence-corrected chi connectivity index (χ0v) is 13.8. The lowest BCUT2D eigenvalue weighted by Gasteiger charge is -2.50. The average molecular weight is 314 g/mol. The van der Waals surface area contributed by atoms with Crippen LogP contribution in [0.5, 0.6) is 0 Å². The molecule has 0 unspecified atom stereocenters. The third-order valence-electron chi connectivity index (χ3n) is 5.30. The molecule has 1 aromatic rings. The first kappa shape index (κ1) is 16.1. The van der Waals surface area contributed by atoms with Crippen LogP contribution in [0.15, 0.2) is 24.3 Å². The number of hydrogen-bond acceptors (Lipinski definition) is 1. The minimum Gasteiger partial charge on any atom is -0.296 e. The fourth-order valence-corrected chi connectivity index (χ4v) is 4.04. The highest BCUT2D eigenvalue weighted by Crippen LogP contribution is 2.46. The van der Waals surface area contributed by atoms with Gasteiger partial charge in [0.25, 0.3) is 0 Å². The minimum atomic E-state index is 0. The zero-order valence-electron chi connectivity index (χ0n) is 12.3. The normalized spacial score (nSPS) is 21.6. The van der Waals surface area contributed by atoms with Gasteiger partial charge in [0.15, 0.2) is 0 Å². The van der Waals surface area contributed by atoms with Crippen LogP contribution in [0.2, 0.25) is 5.02 Å². The second-order valence-electron chi connectivity index (χ2n) is 6.42. The Bertz CT molecular complexity index is 419. The molecule has 0 saturated heterocycles. The van der Waals surface area contributed by atoms with Gasteiger partial charge in [-0.1, -0.05) is 36.6 Å². The third-order valence-corrected chi connectivity index (χ3v) is 5.55. The first-order chi connectivity index (χ1) is 9.21. The average Bonchev–Trinajstić information content (AvgIpc) is 2.83. The Morgan fingerprint density at radius 3 is 2.20 bits per heavy atom. The van der Waals surface area contributed by atoms with E-state index in [0.717, 1.165) is 10.9 Å². The second-order valence-corrected chi connectivity index (χ2v) is 6.86. The third kappa shape index (κ3) is 3.00. The van der Waals surface area contributed by atoms with E-state index in [0.29, 0.717) is 5.54 Å². The topological polar surface area (TPSA) is 3.24 Å². The maximum atomic E-state index is 6.03. The lowest BCUT2D eigenvalue weighted by atomic mass is 9.70. The molecular formula is C17H25Cl2N. The predicted octanol–water partition coefficient (Wildman–Crippen LogP) is 5.26. The van der Waals surface area contributed by atoms with Crippen LogP contribution in [-0.4, -0.2) is 18.5 Å². The fraction of sp³-hybridized carbons (Fsp3) is 0.647. The molecule has 0 amide bonds. The largest absolute Gasteiger partial charge is 0.296 e. The van der Waals surface area contributed by atoms with Crippen LogP contribution in [-0.2, 0) is 5.54 Å². The molecule has 2 fully saturated rings. The van der Waals surface area contributed by atoms with Crippen molar-refractivity contribution >= 4 is 24.0 Å². The van der Waals surface area contributed by atoms with E-state index in [1.165, 1.54) is 57.1 Å². The number of benzene rings is 1. The molecule has 0 atom stereocenters. The minimum absolute atomic E-state index is 0. The molecule has 0 radical (unpaired) electrons. The maximum Gasteiger partial charge on any atom is 0.0457 e. The predicted molar refractivity (Wildman–Crippen MR) is 88.8 cm³/mol. The van der Waals surface area contributed by atoms with E-state index >= 15 is 0 Å². The molecule has 1 nitrogen and oxygen atoms in total. The van der Waals surface area contributed by atoms with Gasteiger partial charge in [0.1, 0.15) is 0 Å². The van der Waals surface area contributed by atoms with E-state index in [1.807, 2.05) is 12.1 Å². The van der Waals surface area contributed by atoms with Crippen LogP contribution in [0.25, 0.3) is 0 Å². The van der Waals surface area contributed by atoms with Gasteiger partial charge in [-0.05, 0) is 62.8 Å². The molecule has 112 valence electrons. The second kappa shape index (κ2) is 6.68. The van der Waals surface area contributed by atoms with Crippen molar-refractivity contribution in [3.8, 4) is 0 Å². The van der Waals surface area contributed by atoms with Crippen molar-refractivity contribution in [2.75, 3.05) is 13.6 Å². The molecule has 3 heteroatoms. The summed E-state index contributed by atoms with van der Waals surface area (Å²) in [4.78, 5) is 2.63. The standard InChI is InChI=1S/C17H24ClN.ClH/c1-19(13-14-5-2-3-6-14)17(11-4-12-17)15-7-9-16(18)10-8-15;/h7-10,14H,2-6,11-13H2,1H3;1H. The first-order valence-corrected chi connectivity index (χ1v) is 8.06. The molecule has 0 bridgehead atoms. The van der Waals surface area contributed by atoms with Crippen molar-refractivity contribution in [3.05, 3.63) is 34.9 Å². The number of nitrogens with zero attached hydrogens (tertiary/aromatic N) is 1. The lowest BCUT2D eigenvalue weighted by Crippen LogP contribution is -2.50. The summed E-state index contributed by atoms with van der Waals surface area (Å²) >= 11 is 6.03. The van der Waals surface area contributed by atoms with Gasteiger partial charge in [0.2, 0.25) is 0 Å². The highest BCUT2D eigenvalue weighted by atomic mass is 35.5. The molecule has 20 heavy (non-hydrogen) atoms. The van der Waals surface area contributed by atoms with Gasteiger partial charge in [-0.3, -0.25) is 4.90 Å². The van der Waals surface area contributed by atoms with Gasteiger partial charge in [0.05, 0.1) is 0 Å². The van der Waals surface area contributed by atoms with Crippen LogP contribution in [0.1, 0.15) is 50.5 Å². The van der Waals surface area contributed by atoms with Crippen molar-refractivity contribution in [1.29, 1.82) is 0 Å². The van der Waals surface area contributed by atoms with Crippen LogP contribution in [0.4, 0.5) is 0 Å². The van der Waals surface area contributed by atoms with E-state index in [4.69, 9.17) is 11.6 Å².